The molecular formula is C18H15N3O4S2. The molecule has 3 aromatic rings. The fourth-order valence-corrected chi connectivity index (χ4v) is 6.00. The van der Waals surface area contributed by atoms with E-state index >= 15 is 0 Å². The van der Waals surface area contributed by atoms with Gasteiger partial charge in [0.05, 0.1) is 4.88 Å². The summed E-state index contributed by atoms with van der Waals surface area (Å²) >= 11 is 1.13. The number of anilines is 1. The average Bonchev–Trinajstić information content (AvgIpc) is 3.01. The van der Waals surface area contributed by atoms with E-state index in [9.17, 15) is 18.3 Å². The van der Waals surface area contributed by atoms with Crippen molar-refractivity contribution in [3.05, 3.63) is 58.7 Å². The van der Waals surface area contributed by atoms with Crippen molar-refractivity contribution in [3.63, 3.8) is 0 Å². The minimum Gasteiger partial charge on any atom is -0.504 e. The number of carbonyl (C=O) groups is 1. The highest BCUT2D eigenvalue weighted by Gasteiger charge is 2.40. The Balaban J connectivity index is 1.87. The van der Waals surface area contributed by atoms with Crippen molar-refractivity contribution in [1.29, 1.82) is 0 Å². The first-order chi connectivity index (χ1) is 12.8. The van der Waals surface area contributed by atoms with Gasteiger partial charge in [-0.2, -0.15) is 0 Å². The average molecular weight is 401 g/mol. The molecule has 2 N–H and O–H groups in total. The molecule has 0 aliphatic carbocycles. The molecule has 1 aliphatic heterocycles. The van der Waals surface area contributed by atoms with E-state index in [1.807, 2.05) is 6.92 Å². The van der Waals surface area contributed by atoms with Gasteiger partial charge in [0, 0.05) is 23.3 Å². The van der Waals surface area contributed by atoms with Crippen LogP contribution in [0.5, 0.6) is 0 Å². The number of sulfonamides is 1. The van der Waals surface area contributed by atoms with Crippen LogP contribution in [0.4, 0.5) is 5.82 Å². The third-order valence-corrected chi connectivity index (χ3v) is 7.45. The van der Waals surface area contributed by atoms with Gasteiger partial charge in [0.1, 0.15) is 10.7 Å². The SMILES string of the molecule is Cc1ccnc(NC(=O)C2=C(O)c3sc4ccccc4c3S(=O)(=O)N2C)c1. The molecule has 1 aliphatic rings. The minimum absolute atomic E-state index is 0.0216. The molecule has 0 fully saturated rings. The number of aliphatic hydroxyl groups is 1. The normalized spacial score (nSPS) is 15.7. The number of nitrogens with one attached hydrogen (secondary N) is 1. The van der Waals surface area contributed by atoms with E-state index in [4.69, 9.17) is 0 Å². The summed E-state index contributed by atoms with van der Waals surface area (Å²) in [5, 5.41) is 13.8. The number of pyridine rings is 1. The van der Waals surface area contributed by atoms with Crippen molar-refractivity contribution < 1.29 is 18.3 Å². The van der Waals surface area contributed by atoms with Crippen LogP contribution in [-0.2, 0) is 14.8 Å². The number of aliphatic hydroxyl groups excluding tert-OH is 1. The zero-order valence-corrected chi connectivity index (χ0v) is 16.1. The highest BCUT2D eigenvalue weighted by molar-refractivity contribution is 7.89. The molecule has 0 unspecified atom stereocenters. The van der Waals surface area contributed by atoms with Crippen molar-refractivity contribution in [2.24, 2.45) is 0 Å². The van der Waals surface area contributed by atoms with Crippen molar-refractivity contribution in [1.82, 2.24) is 9.29 Å². The maximum Gasteiger partial charge on any atom is 0.278 e. The minimum atomic E-state index is -3.99. The number of nitrogens with zero attached hydrogens (tertiary/aromatic N) is 2. The molecule has 0 radical (unpaired) electrons. The fraction of sp³-hybridized carbons (Fsp3) is 0.111. The molecule has 2 aromatic heterocycles. The van der Waals surface area contributed by atoms with E-state index in [1.165, 1.54) is 13.2 Å². The molecule has 9 heteroatoms. The van der Waals surface area contributed by atoms with Gasteiger partial charge in [0.25, 0.3) is 15.9 Å². The Morgan fingerprint density at radius 1 is 1.26 bits per heavy atom. The third-order valence-electron chi connectivity index (χ3n) is 4.29. The Morgan fingerprint density at radius 3 is 2.74 bits per heavy atom. The van der Waals surface area contributed by atoms with Crippen molar-refractivity contribution in [2.45, 2.75) is 11.8 Å². The summed E-state index contributed by atoms with van der Waals surface area (Å²) in [6.45, 7) is 1.84. The highest BCUT2D eigenvalue weighted by Crippen LogP contribution is 2.44. The smallest absolute Gasteiger partial charge is 0.278 e. The zero-order valence-electron chi connectivity index (χ0n) is 14.4. The molecule has 138 valence electrons. The van der Waals surface area contributed by atoms with Crippen LogP contribution in [0.25, 0.3) is 15.8 Å². The van der Waals surface area contributed by atoms with Crippen LogP contribution in [0.2, 0.25) is 0 Å². The van der Waals surface area contributed by atoms with E-state index in [1.54, 1.807) is 36.4 Å². The van der Waals surface area contributed by atoms with E-state index in [2.05, 4.69) is 10.3 Å². The van der Waals surface area contributed by atoms with Gasteiger partial charge in [-0.05, 0) is 30.7 Å². The van der Waals surface area contributed by atoms with Crippen LogP contribution in [0.3, 0.4) is 0 Å². The summed E-state index contributed by atoms with van der Waals surface area (Å²) in [5.74, 6) is -0.846. The van der Waals surface area contributed by atoms with Gasteiger partial charge >= 0.3 is 0 Å². The van der Waals surface area contributed by atoms with Gasteiger partial charge in [-0.1, -0.05) is 18.2 Å². The summed E-state index contributed by atoms with van der Waals surface area (Å²) < 4.78 is 27.6. The number of carbonyl (C=O) groups excluding carboxylic acids is 1. The van der Waals surface area contributed by atoms with Crippen LogP contribution in [0, 0.1) is 6.92 Å². The number of fused-ring (bicyclic) bond motifs is 3. The van der Waals surface area contributed by atoms with Crippen LogP contribution in [0.1, 0.15) is 10.4 Å². The molecule has 27 heavy (non-hydrogen) atoms. The van der Waals surface area contributed by atoms with E-state index in [0.717, 1.165) is 21.2 Å². The van der Waals surface area contributed by atoms with Gasteiger partial charge in [0.2, 0.25) is 0 Å². The number of aryl methyl sites for hydroxylation is 1. The predicted molar refractivity (Wildman–Crippen MR) is 104 cm³/mol. The van der Waals surface area contributed by atoms with E-state index in [0.29, 0.717) is 10.1 Å². The number of hydrogen-bond donors (Lipinski definition) is 2. The first-order valence-corrected chi connectivity index (χ1v) is 10.2. The van der Waals surface area contributed by atoms with Crippen LogP contribution >= 0.6 is 11.3 Å². The van der Waals surface area contributed by atoms with Gasteiger partial charge < -0.3 is 10.4 Å². The fourth-order valence-electron chi connectivity index (χ4n) is 2.98. The van der Waals surface area contributed by atoms with Crippen molar-refractivity contribution in [2.75, 3.05) is 12.4 Å². The maximum atomic E-state index is 13.0. The molecule has 0 bridgehead atoms. The Bertz CT molecular complexity index is 1230. The topological polar surface area (TPSA) is 99.6 Å². The quantitative estimate of drug-likeness (QED) is 0.687. The summed E-state index contributed by atoms with van der Waals surface area (Å²) in [5.41, 5.74) is 0.548. The molecule has 3 heterocycles. The predicted octanol–water partition coefficient (Wildman–Crippen LogP) is 3.10. The number of aromatic nitrogens is 1. The lowest BCUT2D eigenvalue weighted by Crippen LogP contribution is -2.36. The molecule has 1 amide bonds. The summed E-state index contributed by atoms with van der Waals surface area (Å²) in [6, 6.07) is 10.4. The van der Waals surface area contributed by atoms with Crippen LogP contribution in [-0.4, -0.2) is 35.8 Å². The maximum absolute atomic E-state index is 13.0. The Hall–Kier alpha value is -2.91. The summed E-state index contributed by atoms with van der Waals surface area (Å²) in [6.07, 6.45) is 1.53. The lowest BCUT2D eigenvalue weighted by atomic mass is 10.2. The number of rotatable bonds is 2. The van der Waals surface area contributed by atoms with Crippen LogP contribution < -0.4 is 5.32 Å². The first-order valence-electron chi connectivity index (χ1n) is 7.99. The largest absolute Gasteiger partial charge is 0.504 e. The summed E-state index contributed by atoms with van der Waals surface area (Å²) in [7, 11) is -2.74. The monoisotopic (exact) mass is 401 g/mol. The van der Waals surface area contributed by atoms with Crippen molar-refractivity contribution >= 4 is 48.9 Å². The highest BCUT2D eigenvalue weighted by atomic mass is 32.2. The number of hydrogen-bond acceptors (Lipinski definition) is 6. The number of thiophene rings is 1. The number of likely N-dealkylation sites (N-methyl/N-ethyl adjacent to an activating group) is 1. The lowest BCUT2D eigenvalue weighted by Gasteiger charge is -2.26. The molecule has 7 nitrogen and oxygen atoms in total. The molecule has 4 rings (SSSR count). The molecule has 0 saturated heterocycles. The third kappa shape index (κ3) is 2.66. The number of benzene rings is 1. The Kier molecular flexibility index (Phi) is 3.93. The van der Waals surface area contributed by atoms with E-state index < -0.39 is 15.9 Å². The van der Waals surface area contributed by atoms with Crippen LogP contribution in [0.15, 0.2) is 53.2 Å². The standard InChI is InChI=1S/C18H15N3O4S2/c1-10-7-8-19-13(9-10)20-18(23)14-15(22)16-17(27(24,25)21(14)2)11-5-3-4-6-12(11)26-16/h3-9,22H,1-2H3,(H,19,20,23). The van der Waals surface area contributed by atoms with E-state index in [-0.39, 0.29) is 27.0 Å². The number of amides is 1. The van der Waals surface area contributed by atoms with Gasteiger partial charge in [0.15, 0.2) is 11.5 Å². The van der Waals surface area contributed by atoms with Gasteiger partial charge in [-0.25, -0.2) is 13.4 Å². The Morgan fingerprint density at radius 2 is 2.00 bits per heavy atom. The second kappa shape index (κ2) is 6.07. The second-order valence-electron chi connectivity index (χ2n) is 6.10. The summed E-state index contributed by atoms with van der Waals surface area (Å²) in [4.78, 5) is 17.0. The lowest BCUT2D eigenvalue weighted by molar-refractivity contribution is -0.113. The molecule has 0 saturated carbocycles. The van der Waals surface area contributed by atoms with Gasteiger partial charge in [-0.15, -0.1) is 11.3 Å². The zero-order chi connectivity index (χ0) is 19.3. The molecule has 0 spiro atoms. The molecule has 0 atom stereocenters. The molecule has 1 aromatic carbocycles. The first kappa shape index (κ1) is 17.5. The van der Waals surface area contributed by atoms with Gasteiger partial charge in [-0.3, -0.25) is 9.10 Å². The van der Waals surface area contributed by atoms with Crippen molar-refractivity contribution in [3.8, 4) is 0 Å². The molecular weight excluding hydrogens is 386 g/mol. The Labute approximate surface area is 159 Å². The second-order valence-corrected chi connectivity index (χ2v) is 9.06.